The number of aromatic nitrogens is 1. The van der Waals surface area contributed by atoms with Crippen molar-refractivity contribution in [1.82, 2.24) is 15.6 Å². The van der Waals surface area contributed by atoms with Gasteiger partial charge >= 0.3 is 0 Å². The highest BCUT2D eigenvalue weighted by Gasteiger charge is 2.31. The molecule has 1 aromatic heterocycles. The molecule has 1 amide bonds. The standard InChI is InChI=1S/C15H21N3O3.ClH/c1-9-14(16-7-8-21-9)15(20)18-12-4-2-3-11-10(12)5-6-13(19)17-11;/h5-6,9,12,14,16H,2-4,7-8H2,1H3,(H,17,19)(H,18,20);1H/t9-,12?,14+;/m1./s1. The number of carbonyl (C=O) groups is 1. The van der Waals surface area contributed by atoms with Crippen molar-refractivity contribution >= 4 is 18.3 Å². The minimum atomic E-state index is -0.313. The highest BCUT2D eigenvalue weighted by atomic mass is 35.5. The Kier molecular flexibility index (Phi) is 5.61. The van der Waals surface area contributed by atoms with E-state index in [0.29, 0.717) is 13.2 Å². The van der Waals surface area contributed by atoms with Gasteiger partial charge in [0.25, 0.3) is 0 Å². The summed E-state index contributed by atoms with van der Waals surface area (Å²) in [5, 5.41) is 6.29. The molecule has 3 rings (SSSR count). The summed E-state index contributed by atoms with van der Waals surface area (Å²) in [6.45, 7) is 3.23. The van der Waals surface area contributed by atoms with E-state index in [1.165, 1.54) is 6.07 Å². The Morgan fingerprint density at radius 2 is 2.23 bits per heavy atom. The predicted molar refractivity (Wildman–Crippen MR) is 85.3 cm³/mol. The zero-order valence-corrected chi connectivity index (χ0v) is 13.4. The zero-order chi connectivity index (χ0) is 14.8. The topological polar surface area (TPSA) is 83.2 Å². The number of rotatable bonds is 2. The van der Waals surface area contributed by atoms with E-state index in [2.05, 4.69) is 15.6 Å². The van der Waals surface area contributed by atoms with Crippen molar-refractivity contribution in [2.24, 2.45) is 0 Å². The van der Waals surface area contributed by atoms with Crippen LogP contribution in [0.2, 0.25) is 0 Å². The van der Waals surface area contributed by atoms with Gasteiger partial charge in [-0.2, -0.15) is 0 Å². The average molecular weight is 328 g/mol. The molecule has 1 aromatic rings. The Morgan fingerprint density at radius 3 is 3.00 bits per heavy atom. The van der Waals surface area contributed by atoms with E-state index in [4.69, 9.17) is 4.74 Å². The second-order valence-electron chi connectivity index (χ2n) is 5.72. The third-order valence-electron chi connectivity index (χ3n) is 4.25. The van der Waals surface area contributed by atoms with Crippen molar-refractivity contribution in [1.29, 1.82) is 0 Å². The van der Waals surface area contributed by atoms with E-state index < -0.39 is 0 Å². The smallest absolute Gasteiger partial charge is 0.248 e. The summed E-state index contributed by atoms with van der Waals surface area (Å²) in [6.07, 6.45) is 2.59. The minimum absolute atomic E-state index is 0. The summed E-state index contributed by atoms with van der Waals surface area (Å²) < 4.78 is 5.52. The number of aryl methyl sites for hydroxylation is 1. The first-order valence-electron chi connectivity index (χ1n) is 7.52. The van der Waals surface area contributed by atoms with Crippen molar-refractivity contribution in [2.45, 2.75) is 44.4 Å². The monoisotopic (exact) mass is 327 g/mol. The third-order valence-corrected chi connectivity index (χ3v) is 4.25. The molecule has 122 valence electrons. The molecular formula is C15H22ClN3O3. The first-order chi connectivity index (χ1) is 10.1. The van der Waals surface area contributed by atoms with E-state index in [9.17, 15) is 9.59 Å². The fourth-order valence-electron chi connectivity index (χ4n) is 3.14. The SMILES string of the molecule is C[C@H]1OCCN[C@@H]1C(=O)NC1CCCc2[nH]c(=O)ccc21.Cl. The fraction of sp³-hybridized carbons (Fsp3) is 0.600. The zero-order valence-electron chi connectivity index (χ0n) is 12.6. The number of carbonyl (C=O) groups excluding carboxylic acids is 1. The molecule has 6 nitrogen and oxygen atoms in total. The van der Waals surface area contributed by atoms with Crippen molar-refractivity contribution in [3.05, 3.63) is 33.7 Å². The van der Waals surface area contributed by atoms with Gasteiger partial charge in [0.15, 0.2) is 0 Å². The van der Waals surface area contributed by atoms with Crippen LogP contribution in [0.5, 0.6) is 0 Å². The number of halogens is 1. The van der Waals surface area contributed by atoms with Crippen LogP contribution in [0.3, 0.4) is 0 Å². The summed E-state index contributed by atoms with van der Waals surface area (Å²) in [5.74, 6) is -0.0359. The molecule has 2 aliphatic rings. The number of nitrogens with one attached hydrogen (secondary N) is 3. The van der Waals surface area contributed by atoms with Gasteiger partial charge in [0.05, 0.1) is 18.8 Å². The Hall–Kier alpha value is -1.37. The number of amides is 1. The maximum atomic E-state index is 12.4. The number of pyridine rings is 1. The van der Waals surface area contributed by atoms with Gasteiger partial charge in [0, 0.05) is 18.3 Å². The maximum Gasteiger partial charge on any atom is 0.248 e. The summed E-state index contributed by atoms with van der Waals surface area (Å²) in [4.78, 5) is 26.7. The summed E-state index contributed by atoms with van der Waals surface area (Å²) in [7, 11) is 0. The molecular weight excluding hydrogens is 306 g/mol. The van der Waals surface area contributed by atoms with Gasteiger partial charge in [-0.05, 0) is 37.8 Å². The van der Waals surface area contributed by atoms with Crippen LogP contribution in [-0.4, -0.2) is 36.2 Å². The lowest BCUT2D eigenvalue weighted by Crippen LogP contribution is -2.56. The average Bonchev–Trinajstić information content (AvgIpc) is 2.47. The Bertz CT molecular complexity index is 590. The first-order valence-corrected chi connectivity index (χ1v) is 7.52. The van der Waals surface area contributed by atoms with E-state index in [1.807, 2.05) is 13.0 Å². The van der Waals surface area contributed by atoms with Crippen molar-refractivity contribution in [3.63, 3.8) is 0 Å². The predicted octanol–water partition coefficient (Wildman–Crippen LogP) is 0.667. The van der Waals surface area contributed by atoms with E-state index in [0.717, 1.165) is 30.5 Å². The Morgan fingerprint density at radius 1 is 1.41 bits per heavy atom. The molecule has 0 saturated carbocycles. The molecule has 22 heavy (non-hydrogen) atoms. The van der Waals surface area contributed by atoms with Gasteiger partial charge in [0.2, 0.25) is 11.5 Å². The molecule has 0 spiro atoms. The van der Waals surface area contributed by atoms with Crippen LogP contribution in [0.15, 0.2) is 16.9 Å². The van der Waals surface area contributed by atoms with E-state index in [-0.39, 0.29) is 42.1 Å². The highest BCUT2D eigenvalue weighted by molar-refractivity contribution is 5.85. The van der Waals surface area contributed by atoms with Gasteiger partial charge in [-0.25, -0.2) is 0 Å². The fourth-order valence-corrected chi connectivity index (χ4v) is 3.14. The molecule has 0 radical (unpaired) electrons. The molecule has 3 atom stereocenters. The first kappa shape index (κ1) is 17.0. The van der Waals surface area contributed by atoms with Crippen molar-refractivity contribution < 1.29 is 9.53 Å². The molecule has 1 aliphatic carbocycles. The summed E-state index contributed by atoms with van der Waals surface area (Å²) in [6, 6.07) is 3.00. The molecule has 1 fully saturated rings. The maximum absolute atomic E-state index is 12.4. The third kappa shape index (κ3) is 3.51. The summed E-state index contributed by atoms with van der Waals surface area (Å²) >= 11 is 0. The van der Waals surface area contributed by atoms with Crippen LogP contribution in [0.1, 0.15) is 37.1 Å². The number of H-pyrrole nitrogens is 1. The number of ether oxygens (including phenoxy) is 1. The molecule has 1 unspecified atom stereocenters. The van der Waals surface area contributed by atoms with E-state index >= 15 is 0 Å². The molecule has 0 bridgehead atoms. The van der Waals surface area contributed by atoms with Crippen LogP contribution >= 0.6 is 12.4 Å². The number of hydrogen-bond acceptors (Lipinski definition) is 4. The molecule has 1 saturated heterocycles. The number of aromatic amines is 1. The molecule has 3 N–H and O–H groups in total. The van der Waals surface area contributed by atoms with Gasteiger partial charge in [-0.15, -0.1) is 12.4 Å². The lowest BCUT2D eigenvalue weighted by Gasteiger charge is -2.32. The van der Waals surface area contributed by atoms with Gasteiger partial charge < -0.3 is 20.4 Å². The van der Waals surface area contributed by atoms with Crippen molar-refractivity contribution in [2.75, 3.05) is 13.2 Å². The number of hydrogen-bond donors (Lipinski definition) is 3. The minimum Gasteiger partial charge on any atom is -0.375 e. The quantitative estimate of drug-likeness (QED) is 0.745. The highest BCUT2D eigenvalue weighted by Crippen LogP contribution is 2.27. The van der Waals surface area contributed by atoms with Gasteiger partial charge in [0.1, 0.15) is 6.04 Å². The Labute approximate surface area is 135 Å². The van der Waals surface area contributed by atoms with Crippen LogP contribution in [0, 0.1) is 0 Å². The van der Waals surface area contributed by atoms with Crippen LogP contribution in [-0.2, 0) is 16.0 Å². The van der Waals surface area contributed by atoms with Crippen LogP contribution in [0.4, 0.5) is 0 Å². The second kappa shape index (κ2) is 7.26. The van der Waals surface area contributed by atoms with Crippen LogP contribution in [0.25, 0.3) is 0 Å². The molecule has 1 aliphatic heterocycles. The lowest BCUT2D eigenvalue weighted by molar-refractivity contribution is -0.129. The number of fused-ring (bicyclic) bond motifs is 1. The molecule has 2 heterocycles. The molecule has 0 aromatic carbocycles. The molecule has 7 heteroatoms. The summed E-state index contributed by atoms with van der Waals surface area (Å²) in [5.41, 5.74) is 1.88. The van der Waals surface area contributed by atoms with Gasteiger partial charge in [-0.1, -0.05) is 0 Å². The number of morpholine rings is 1. The lowest BCUT2D eigenvalue weighted by atomic mass is 9.91. The second-order valence-corrected chi connectivity index (χ2v) is 5.72. The Balaban J connectivity index is 0.00000176. The largest absolute Gasteiger partial charge is 0.375 e. The van der Waals surface area contributed by atoms with Gasteiger partial charge in [-0.3, -0.25) is 9.59 Å². The van der Waals surface area contributed by atoms with E-state index in [1.54, 1.807) is 0 Å². The van der Waals surface area contributed by atoms with Crippen molar-refractivity contribution in [3.8, 4) is 0 Å². The van der Waals surface area contributed by atoms with Crippen LogP contribution < -0.4 is 16.2 Å². The normalized spacial score (nSPS) is 27.4.